The van der Waals surface area contributed by atoms with Crippen molar-refractivity contribution in [1.29, 1.82) is 0 Å². The van der Waals surface area contributed by atoms with E-state index in [1.54, 1.807) is 12.1 Å². The molecule has 2 saturated heterocycles. The van der Waals surface area contributed by atoms with Crippen LogP contribution >= 0.6 is 0 Å². The molecule has 5 unspecified atom stereocenters. The van der Waals surface area contributed by atoms with E-state index in [-0.39, 0.29) is 17.4 Å². The van der Waals surface area contributed by atoms with Crippen molar-refractivity contribution >= 4 is 5.57 Å². The Kier molecular flexibility index (Phi) is 8.07. The van der Waals surface area contributed by atoms with E-state index in [2.05, 4.69) is 32.9 Å². The van der Waals surface area contributed by atoms with E-state index in [4.69, 9.17) is 9.47 Å². The number of ether oxygens (including phenoxy) is 2. The molecule has 2 aliphatic heterocycles. The molecular weight excluding hydrogens is 418 g/mol. The van der Waals surface area contributed by atoms with Crippen LogP contribution in [0.3, 0.4) is 0 Å². The molecule has 4 heteroatoms. The minimum absolute atomic E-state index is 0.0918. The SMILES string of the molecule is CCCC1CCC(C2CCC(c3ccc(C4=CCC(C)(CCC)C=C4)c(F)c3F)CO2)CO1. The van der Waals surface area contributed by atoms with Crippen LogP contribution in [0.15, 0.2) is 30.4 Å². The van der Waals surface area contributed by atoms with Gasteiger partial charge in [-0.05, 0) is 61.5 Å². The Bertz CT molecular complexity index is 861. The van der Waals surface area contributed by atoms with Crippen LogP contribution < -0.4 is 0 Å². The minimum Gasteiger partial charge on any atom is -0.378 e. The Balaban J connectivity index is 1.37. The quantitative estimate of drug-likeness (QED) is 0.412. The number of hydrogen-bond acceptors (Lipinski definition) is 2. The molecule has 4 rings (SSSR count). The van der Waals surface area contributed by atoms with E-state index in [1.165, 1.54) is 0 Å². The number of hydrogen-bond donors (Lipinski definition) is 0. The van der Waals surface area contributed by atoms with E-state index in [1.807, 2.05) is 6.08 Å². The van der Waals surface area contributed by atoms with Crippen molar-refractivity contribution in [2.24, 2.45) is 11.3 Å². The predicted octanol–water partition coefficient (Wildman–Crippen LogP) is 7.97. The summed E-state index contributed by atoms with van der Waals surface area (Å²) in [7, 11) is 0. The Morgan fingerprint density at radius 3 is 2.42 bits per heavy atom. The molecule has 0 radical (unpaired) electrons. The minimum atomic E-state index is -0.729. The molecule has 0 spiro atoms. The fourth-order valence-electron chi connectivity index (χ4n) is 5.89. The van der Waals surface area contributed by atoms with Gasteiger partial charge < -0.3 is 9.47 Å². The molecule has 1 aliphatic carbocycles. The summed E-state index contributed by atoms with van der Waals surface area (Å²) in [5.74, 6) is -1.11. The van der Waals surface area contributed by atoms with E-state index in [0.717, 1.165) is 70.0 Å². The second-order valence-electron chi connectivity index (χ2n) is 10.7. The van der Waals surface area contributed by atoms with Crippen molar-refractivity contribution in [3.63, 3.8) is 0 Å². The van der Waals surface area contributed by atoms with Crippen molar-refractivity contribution in [2.45, 2.75) is 96.7 Å². The molecule has 182 valence electrons. The zero-order valence-electron chi connectivity index (χ0n) is 20.5. The summed E-state index contributed by atoms with van der Waals surface area (Å²) in [5.41, 5.74) is 1.71. The van der Waals surface area contributed by atoms with Crippen molar-refractivity contribution in [1.82, 2.24) is 0 Å². The lowest BCUT2D eigenvalue weighted by atomic mass is 9.77. The third-order valence-electron chi connectivity index (χ3n) is 7.99. The molecule has 0 N–H and O–H groups in total. The average Bonchev–Trinajstić information content (AvgIpc) is 2.83. The van der Waals surface area contributed by atoms with Crippen LogP contribution in [0.1, 0.15) is 95.6 Å². The Labute approximate surface area is 198 Å². The Morgan fingerprint density at radius 1 is 0.970 bits per heavy atom. The highest BCUT2D eigenvalue weighted by Gasteiger charge is 2.34. The first kappa shape index (κ1) is 24.6. The van der Waals surface area contributed by atoms with Gasteiger partial charge in [0.15, 0.2) is 11.6 Å². The van der Waals surface area contributed by atoms with Gasteiger partial charge in [-0.15, -0.1) is 0 Å². The normalized spacial score (nSPS) is 32.6. The molecule has 0 saturated carbocycles. The van der Waals surface area contributed by atoms with Gasteiger partial charge in [0.2, 0.25) is 0 Å². The lowest BCUT2D eigenvalue weighted by Crippen LogP contribution is -2.38. The summed E-state index contributed by atoms with van der Waals surface area (Å²) in [4.78, 5) is 0. The molecule has 1 aromatic carbocycles. The van der Waals surface area contributed by atoms with Gasteiger partial charge in [0.1, 0.15) is 0 Å². The number of rotatable bonds is 7. The summed E-state index contributed by atoms with van der Waals surface area (Å²) >= 11 is 0. The number of halogens is 2. The Hall–Kier alpha value is -1.52. The van der Waals surface area contributed by atoms with Crippen molar-refractivity contribution in [2.75, 3.05) is 13.2 Å². The monoisotopic (exact) mass is 458 g/mol. The number of benzene rings is 1. The van der Waals surface area contributed by atoms with Crippen LogP contribution in [0.25, 0.3) is 5.57 Å². The first-order valence-corrected chi connectivity index (χ1v) is 13.0. The maximum atomic E-state index is 15.1. The van der Waals surface area contributed by atoms with Gasteiger partial charge in [-0.2, -0.15) is 0 Å². The molecule has 1 aromatic rings. The second kappa shape index (κ2) is 10.8. The largest absolute Gasteiger partial charge is 0.378 e. The molecular formula is C29H40F2O2. The van der Waals surface area contributed by atoms with E-state index in [0.29, 0.717) is 29.8 Å². The van der Waals surface area contributed by atoms with Gasteiger partial charge in [-0.25, -0.2) is 8.78 Å². The second-order valence-corrected chi connectivity index (χ2v) is 10.7. The lowest BCUT2D eigenvalue weighted by Gasteiger charge is -2.38. The van der Waals surface area contributed by atoms with Gasteiger partial charge in [0.05, 0.1) is 25.4 Å². The van der Waals surface area contributed by atoms with Crippen LogP contribution in [0.2, 0.25) is 0 Å². The van der Waals surface area contributed by atoms with Gasteiger partial charge in [-0.3, -0.25) is 0 Å². The highest BCUT2D eigenvalue weighted by molar-refractivity contribution is 5.75. The fraction of sp³-hybridized carbons (Fsp3) is 0.655. The molecule has 5 atom stereocenters. The molecule has 0 aromatic heterocycles. The van der Waals surface area contributed by atoms with Gasteiger partial charge in [-0.1, -0.05) is 64.0 Å². The summed E-state index contributed by atoms with van der Waals surface area (Å²) in [5, 5.41) is 0. The van der Waals surface area contributed by atoms with Crippen LogP contribution in [0.4, 0.5) is 8.78 Å². The molecule has 2 fully saturated rings. The molecule has 2 heterocycles. The van der Waals surface area contributed by atoms with E-state index in [9.17, 15) is 0 Å². The Morgan fingerprint density at radius 2 is 1.82 bits per heavy atom. The predicted molar refractivity (Wildman–Crippen MR) is 130 cm³/mol. The molecule has 2 nitrogen and oxygen atoms in total. The third kappa shape index (κ3) is 5.59. The van der Waals surface area contributed by atoms with Crippen LogP contribution in [-0.4, -0.2) is 25.4 Å². The summed E-state index contributed by atoms with van der Waals surface area (Å²) in [6.45, 7) is 7.81. The first-order chi connectivity index (χ1) is 15.9. The van der Waals surface area contributed by atoms with Gasteiger partial charge in [0.25, 0.3) is 0 Å². The van der Waals surface area contributed by atoms with Gasteiger partial charge in [0, 0.05) is 17.4 Å². The highest BCUT2D eigenvalue weighted by atomic mass is 19.2. The topological polar surface area (TPSA) is 18.5 Å². The van der Waals surface area contributed by atoms with Crippen molar-refractivity contribution in [3.05, 3.63) is 53.1 Å². The van der Waals surface area contributed by atoms with E-state index >= 15 is 8.78 Å². The summed E-state index contributed by atoms with van der Waals surface area (Å²) in [6.07, 6.45) is 16.0. The van der Waals surface area contributed by atoms with Crippen molar-refractivity contribution in [3.8, 4) is 0 Å². The van der Waals surface area contributed by atoms with Crippen LogP contribution in [0, 0.1) is 23.0 Å². The average molecular weight is 459 g/mol. The summed E-state index contributed by atoms with van der Waals surface area (Å²) < 4.78 is 42.4. The van der Waals surface area contributed by atoms with E-state index < -0.39 is 11.6 Å². The number of allylic oxidation sites excluding steroid dienone is 4. The fourth-order valence-corrected chi connectivity index (χ4v) is 5.89. The standard InChI is InChI=1S/C29H40F2O2/c1-4-6-23-9-7-22(19-32-23)26-12-8-21(18-33-26)25-11-10-24(27(30)28(25)31)20-13-16-29(3,15-5-2)17-14-20/h10-11,13-14,16,21-23,26H,4-9,12,15,17-19H2,1-3H3. The molecule has 0 bridgehead atoms. The maximum Gasteiger partial charge on any atom is 0.166 e. The van der Waals surface area contributed by atoms with Crippen LogP contribution in [0.5, 0.6) is 0 Å². The highest BCUT2D eigenvalue weighted by Crippen LogP contribution is 2.39. The lowest BCUT2D eigenvalue weighted by molar-refractivity contribution is -0.0966. The molecule has 3 aliphatic rings. The summed E-state index contributed by atoms with van der Waals surface area (Å²) in [6, 6.07) is 3.52. The zero-order chi connectivity index (χ0) is 23.4. The van der Waals surface area contributed by atoms with Crippen molar-refractivity contribution < 1.29 is 18.3 Å². The third-order valence-corrected chi connectivity index (χ3v) is 7.99. The smallest absolute Gasteiger partial charge is 0.166 e. The first-order valence-electron chi connectivity index (χ1n) is 13.0. The zero-order valence-corrected chi connectivity index (χ0v) is 20.5. The molecule has 33 heavy (non-hydrogen) atoms. The van der Waals surface area contributed by atoms with Crippen LogP contribution in [-0.2, 0) is 9.47 Å². The molecule has 0 amide bonds. The van der Waals surface area contributed by atoms with Gasteiger partial charge >= 0.3 is 0 Å². The maximum absolute atomic E-state index is 15.1.